The van der Waals surface area contributed by atoms with E-state index in [1.165, 1.54) is 19.2 Å². The van der Waals surface area contributed by atoms with Gasteiger partial charge in [0.15, 0.2) is 0 Å². The third-order valence-corrected chi connectivity index (χ3v) is 1.68. The Morgan fingerprint density at radius 2 is 2.36 bits per heavy atom. The molecule has 4 nitrogen and oxygen atoms in total. The van der Waals surface area contributed by atoms with E-state index in [-0.39, 0.29) is 24.4 Å². The van der Waals surface area contributed by atoms with Crippen molar-refractivity contribution in [2.24, 2.45) is 0 Å². The molecule has 1 aromatic rings. The number of aryl methyl sites for hydroxylation is 1. The van der Waals surface area contributed by atoms with E-state index in [1.807, 2.05) is 0 Å². The average Bonchev–Trinajstić information content (AvgIpc) is 2.16. The molecular formula is C9H10FNO3. The highest BCUT2D eigenvalue weighted by atomic mass is 19.1. The molecule has 0 aromatic carbocycles. The Morgan fingerprint density at radius 1 is 1.64 bits per heavy atom. The van der Waals surface area contributed by atoms with E-state index >= 15 is 0 Å². The molecule has 1 heterocycles. The summed E-state index contributed by atoms with van der Waals surface area (Å²) in [6, 6.07) is 2.60. The summed E-state index contributed by atoms with van der Waals surface area (Å²) in [4.78, 5) is 14.1. The summed E-state index contributed by atoms with van der Waals surface area (Å²) in [6.07, 6.45) is -0.0740. The van der Waals surface area contributed by atoms with Crippen LogP contribution in [0.2, 0.25) is 0 Å². The molecule has 0 aliphatic carbocycles. The zero-order valence-corrected chi connectivity index (χ0v) is 7.66. The summed E-state index contributed by atoms with van der Waals surface area (Å²) in [7, 11) is 1.42. The third-order valence-electron chi connectivity index (χ3n) is 1.68. The number of hydrogen-bond acceptors (Lipinski definition) is 3. The minimum absolute atomic E-state index is 0.0678. The predicted octanol–water partition coefficient (Wildman–Crippen LogP) is 1.25. The van der Waals surface area contributed by atoms with E-state index in [4.69, 9.17) is 9.84 Å². The number of aromatic nitrogens is 1. The molecule has 0 saturated carbocycles. The van der Waals surface area contributed by atoms with Crippen molar-refractivity contribution in [2.45, 2.75) is 12.8 Å². The number of hydrogen-bond donors (Lipinski definition) is 1. The minimum atomic E-state index is -0.978. The summed E-state index contributed by atoms with van der Waals surface area (Å²) < 4.78 is 17.8. The van der Waals surface area contributed by atoms with Crippen LogP contribution in [0.1, 0.15) is 12.1 Å². The van der Waals surface area contributed by atoms with E-state index in [0.717, 1.165) is 0 Å². The fraction of sp³-hybridized carbons (Fsp3) is 0.333. The van der Waals surface area contributed by atoms with Gasteiger partial charge in [0.2, 0.25) is 5.88 Å². The van der Waals surface area contributed by atoms with E-state index in [9.17, 15) is 9.18 Å². The topological polar surface area (TPSA) is 59.4 Å². The van der Waals surface area contributed by atoms with Crippen molar-refractivity contribution in [1.29, 1.82) is 0 Å². The van der Waals surface area contributed by atoms with Crippen molar-refractivity contribution in [1.82, 2.24) is 4.98 Å². The van der Waals surface area contributed by atoms with Crippen LogP contribution in [0.3, 0.4) is 0 Å². The maximum atomic E-state index is 13.0. The Bertz CT molecular complexity index is 341. The molecule has 14 heavy (non-hydrogen) atoms. The maximum absolute atomic E-state index is 13.0. The summed E-state index contributed by atoms with van der Waals surface area (Å²) in [5, 5.41) is 8.41. The van der Waals surface area contributed by atoms with E-state index in [0.29, 0.717) is 0 Å². The number of carboxylic acid groups (broad SMARTS) is 1. The van der Waals surface area contributed by atoms with Gasteiger partial charge in [-0.1, -0.05) is 0 Å². The van der Waals surface area contributed by atoms with Crippen LogP contribution in [0.5, 0.6) is 5.88 Å². The molecule has 0 amide bonds. The number of carboxylic acids is 1. The van der Waals surface area contributed by atoms with Gasteiger partial charge in [-0.3, -0.25) is 4.79 Å². The van der Waals surface area contributed by atoms with Crippen LogP contribution in [-0.2, 0) is 11.2 Å². The summed E-state index contributed by atoms with van der Waals surface area (Å²) in [5.41, 5.74) is 0.117. The number of halogens is 1. The zero-order valence-electron chi connectivity index (χ0n) is 7.66. The number of carbonyl (C=O) groups is 1. The van der Waals surface area contributed by atoms with Crippen LogP contribution >= 0.6 is 0 Å². The van der Waals surface area contributed by atoms with Crippen molar-refractivity contribution in [3.63, 3.8) is 0 Å². The second-order valence-corrected chi connectivity index (χ2v) is 2.68. The molecule has 0 aliphatic rings. The van der Waals surface area contributed by atoms with Gasteiger partial charge in [-0.15, -0.1) is 0 Å². The van der Waals surface area contributed by atoms with Gasteiger partial charge in [-0.2, -0.15) is 0 Å². The Hall–Kier alpha value is -1.65. The van der Waals surface area contributed by atoms with Crippen LogP contribution < -0.4 is 4.74 Å². The Kier molecular flexibility index (Phi) is 3.39. The van der Waals surface area contributed by atoms with Gasteiger partial charge >= 0.3 is 5.97 Å². The quantitative estimate of drug-likeness (QED) is 0.792. The van der Waals surface area contributed by atoms with Gasteiger partial charge in [0.1, 0.15) is 5.82 Å². The first kappa shape index (κ1) is 10.4. The maximum Gasteiger partial charge on any atom is 0.303 e. The van der Waals surface area contributed by atoms with Crippen LogP contribution in [0.25, 0.3) is 0 Å². The minimum Gasteiger partial charge on any atom is -0.481 e. The molecule has 0 radical (unpaired) electrons. The number of nitrogens with zero attached hydrogens (tertiary/aromatic N) is 1. The van der Waals surface area contributed by atoms with Gasteiger partial charge in [0.05, 0.1) is 19.2 Å². The smallest absolute Gasteiger partial charge is 0.303 e. The second-order valence-electron chi connectivity index (χ2n) is 2.68. The van der Waals surface area contributed by atoms with Gasteiger partial charge in [-0.05, 0) is 6.07 Å². The zero-order chi connectivity index (χ0) is 10.6. The fourth-order valence-corrected chi connectivity index (χ4v) is 0.979. The number of methoxy groups -OCH3 is 1. The fourth-order valence-electron chi connectivity index (χ4n) is 0.979. The first-order chi connectivity index (χ1) is 6.63. The van der Waals surface area contributed by atoms with Crippen LogP contribution in [0.4, 0.5) is 4.39 Å². The molecule has 0 bridgehead atoms. The van der Waals surface area contributed by atoms with Crippen molar-refractivity contribution in [2.75, 3.05) is 7.11 Å². The lowest BCUT2D eigenvalue weighted by molar-refractivity contribution is -0.136. The number of pyridine rings is 1. The lowest BCUT2D eigenvalue weighted by atomic mass is 10.2. The van der Waals surface area contributed by atoms with Gasteiger partial charge in [-0.25, -0.2) is 9.37 Å². The molecule has 1 aromatic heterocycles. The molecule has 0 aliphatic heterocycles. The van der Waals surface area contributed by atoms with Crippen molar-refractivity contribution in [3.05, 3.63) is 23.6 Å². The standard InChI is InChI=1S/C9H10FNO3/c1-14-8-4-2-6(10)7(11-8)3-5-9(12)13/h2,4H,3,5H2,1H3,(H,12,13). The highest BCUT2D eigenvalue weighted by molar-refractivity contribution is 5.66. The highest BCUT2D eigenvalue weighted by Gasteiger charge is 2.07. The molecule has 0 saturated heterocycles. The van der Waals surface area contributed by atoms with E-state index in [2.05, 4.69) is 4.98 Å². The lowest BCUT2D eigenvalue weighted by Gasteiger charge is -2.03. The molecule has 0 spiro atoms. The van der Waals surface area contributed by atoms with Crippen LogP contribution in [0.15, 0.2) is 12.1 Å². The van der Waals surface area contributed by atoms with Crippen LogP contribution in [-0.4, -0.2) is 23.2 Å². The van der Waals surface area contributed by atoms with E-state index < -0.39 is 11.8 Å². The number of rotatable bonds is 4. The number of aliphatic carboxylic acids is 1. The average molecular weight is 199 g/mol. The van der Waals surface area contributed by atoms with Gasteiger partial charge in [0.25, 0.3) is 0 Å². The molecule has 1 rings (SSSR count). The summed E-state index contributed by atoms with van der Waals surface area (Å²) in [5.74, 6) is -1.20. The van der Waals surface area contributed by atoms with Crippen molar-refractivity contribution in [3.8, 4) is 5.88 Å². The van der Waals surface area contributed by atoms with Crippen LogP contribution in [0, 0.1) is 5.82 Å². The molecule has 0 atom stereocenters. The summed E-state index contributed by atoms with van der Waals surface area (Å²) >= 11 is 0. The normalized spacial score (nSPS) is 9.86. The molecule has 76 valence electrons. The molecule has 1 N–H and O–H groups in total. The first-order valence-corrected chi connectivity index (χ1v) is 4.04. The highest BCUT2D eigenvalue weighted by Crippen LogP contribution is 2.12. The molecule has 0 fully saturated rings. The predicted molar refractivity (Wildman–Crippen MR) is 46.7 cm³/mol. The SMILES string of the molecule is COc1ccc(F)c(CCC(=O)O)n1. The Balaban J connectivity index is 2.78. The van der Waals surface area contributed by atoms with Gasteiger partial charge < -0.3 is 9.84 Å². The first-order valence-electron chi connectivity index (χ1n) is 4.04. The van der Waals surface area contributed by atoms with E-state index in [1.54, 1.807) is 0 Å². The second kappa shape index (κ2) is 4.55. The molecule has 0 unspecified atom stereocenters. The van der Waals surface area contributed by atoms with Crippen molar-refractivity contribution < 1.29 is 19.0 Å². The monoisotopic (exact) mass is 199 g/mol. The van der Waals surface area contributed by atoms with Gasteiger partial charge in [0, 0.05) is 12.5 Å². The molecule has 5 heteroatoms. The van der Waals surface area contributed by atoms with Crippen molar-refractivity contribution >= 4 is 5.97 Å². The Labute approximate surface area is 80.3 Å². The number of ether oxygens (including phenoxy) is 1. The summed E-state index contributed by atoms with van der Waals surface area (Å²) in [6.45, 7) is 0. The largest absolute Gasteiger partial charge is 0.481 e. The third kappa shape index (κ3) is 2.69. The molecular weight excluding hydrogens is 189 g/mol. The lowest BCUT2D eigenvalue weighted by Crippen LogP contribution is -2.02. The Morgan fingerprint density at radius 3 is 2.93 bits per heavy atom.